The van der Waals surface area contributed by atoms with E-state index in [0.717, 1.165) is 25.1 Å². The van der Waals surface area contributed by atoms with Crippen LogP contribution in [0.25, 0.3) is 0 Å². The van der Waals surface area contributed by atoms with Gasteiger partial charge in [0.1, 0.15) is 0 Å². The molecule has 0 aliphatic carbocycles. The van der Waals surface area contributed by atoms with Crippen LogP contribution in [-0.4, -0.2) is 23.2 Å². The van der Waals surface area contributed by atoms with E-state index in [2.05, 4.69) is 10.3 Å². The van der Waals surface area contributed by atoms with Gasteiger partial charge in [0, 0.05) is 6.20 Å². The summed E-state index contributed by atoms with van der Waals surface area (Å²) in [6.45, 7) is 1.10. The Morgan fingerprint density at radius 1 is 1.43 bits per heavy atom. The van der Waals surface area contributed by atoms with Crippen molar-refractivity contribution in [1.82, 2.24) is 10.3 Å². The molecule has 0 saturated carbocycles. The van der Waals surface area contributed by atoms with E-state index in [1.165, 1.54) is 6.42 Å². The van der Waals surface area contributed by atoms with Crippen molar-refractivity contribution in [2.75, 3.05) is 13.2 Å². The van der Waals surface area contributed by atoms with E-state index in [9.17, 15) is 5.11 Å². The zero-order valence-corrected chi connectivity index (χ0v) is 8.24. The first-order chi connectivity index (χ1) is 6.87. The first-order valence-corrected chi connectivity index (χ1v) is 5.15. The zero-order valence-electron chi connectivity index (χ0n) is 8.24. The number of hydrogen-bond acceptors (Lipinski definition) is 3. The lowest BCUT2D eigenvalue weighted by Crippen LogP contribution is -2.49. The Hall–Kier alpha value is -0.930. The third-order valence-corrected chi connectivity index (χ3v) is 2.92. The van der Waals surface area contributed by atoms with Crippen LogP contribution in [0.15, 0.2) is 24.4 Å². The van der Waals surface area contributed by atoms with Crippen molar-refractivity contribution in [3.63, 3.8) is 0 Å². The highest BCUT2D eigenvalue weighted by Crippen LogP contribution is 2.28. The van der Waals surface area contributed by atoms with E-state index in [4.69, 9.17) is 0 Å². The van der Waals surface area contributed by atoms with Crippen LogP contribution in [0.5, 0.6) is 0 Å². The van der Waals surface area contributed by atoms with Crippen LogP contribution in [0.1, 0.15) is 25.0 Å². The molecule has 3 heteroatoms. The Bertz CT molecular complexity index is 281. The SMILES string of the molecule is OCC1(c2ccccn2)CCCCN1. The summed E-state index contributed by atoms with van der Waals surface area (Å²) in [5, 5.41) is 12.9. The zero-order chi connectivity index (χ0) is 9.86. The van der Waals surface area contributed by atoms with Crippen molar-refractivity contribution >= 4 is 0 Å². The molecule has 0 bridgehead atoms. The van der Waals surface area contributed by atoms with Gasteiger partial charge in [-0.15, -0.1) is 0 Å². The van der Waals surface area contributed by atoms with Gasteiger partial charge in [-0.2, -0.15) is 0 Å². The molecule has 1 aromatic rings. The second kappa shape index (κ2) is 4.07. The second-order valence-electron chi connectivity index (χ2n) is 3.84. The third kappa shape index (κ3) is 1.65. The van der Waals surface area contributed by atoms with Gasteiger partial charge in [0.25, 0.3) is 0 Å². The smallest absolute Gasteiger partial charge is 0.0842 e. The number of hydrogen-bond donors (Lipinski definition) is 2. The monoisotopic (exact) mass is 192 g/mol. The first-order valence-electron chi connectivity index (χ1n) is 5.15. The van der Waals surface area contributed by atoms with Crippen molar-refractivity contribution in [1.29, 1.82) is 0 Å². The van der Waals surface area contributed by atoms with E-state index in [-0.39, 0.29) is 12.1 Å². The molecule has 76 valence electrons. The van der Waals surface area contributed by atoms with Gasteiger partial charge < -0.3 is 10.4 Å². The summed E-state index contributed by atoms with van der Waals surface area (Å²) in [6, 6.07) is 5.85. The average Bonchev–Trinajstić information content (AvgIpc) is 2.31. The molecule has 1 saturated heterocycles. The minimum atomic E-state index is -0.292. The lowest BCUT2D eigenvalue weighted by atomic mass is 9.86. The molecule has 1 unspecified atom stereocenters. The van der Waals surface area contributed by atoms with Gasteiger partial charge >= 0.3 is 0 Å². The van der Waals surface area contributed by atoms with Crippen molar-refractivity contribution in [3.05, 3.63) is 30.1 Å². The first kappa shape index (κ1) is 9.62. The van der Waals surface area contributed by atoms with Crippen LogP contribution in [0.4, 0.5) is 0 Å². The third-order valence-electron chi connectivity index (χ3n) is 2.92. The number of pyridine rings is 1. The fourth-order valence-corrected chi connectivity index (χ4v) is 2.05. The standard InChI is InChI=1S/C11H16N2O/c14-9-11(6-2-4-8-13-11)10-5-1-3-7-12-10/h1,3,5,7,13-14H,2,4,6,8-9H2. The number of rotatable bonds is 2. The molecule has 14 heavy (non-hydrogen) atoms. The Kier molecular flexibility index (Phi) is 2.79. The topological polar surface area (TPSA) is 45.2 Å². The molecule has 0 aromatic carbocycles. The van der Waals surface area contributed by atoms with Crippen LogP contribution in [0.2, 0.25) is 0 Å². The number of aliphatic hydroxyl groups excluding tert-OH is 1. The molecule has 0 amide bonds. The van der Waals surface area contributed by atoms with E-state index in [1.807, 2.05) is 18.2 Å². The van der Waals surface area contributed by atoms with Crippen LogP contribution in [0.3, 0.4) is 0 Å². The highest BCUT2D eigenvalue weighted by molar-refractivity contribution is 5.16. The maximum Gasteiger partial charge on any atom is 0.0842 e. The summed E-state index contributed by atoms with van der Waals surface area (Å²) in [6.07, 6.45) is 5.10. The number of nitrogens with one attached hydrogen (secondary N) is 1. The van der Waals surface area contributed by atoms with Crippen LogP contribution >= 0.6 is 0 Å². The Labute approximate surface area is 84.2 Å². The van der Waals surface area contributed by atoms with E-state index >= 15 is 0 Å². The van der Waals surface area contributed by atoms with Crippen molar-refractivity contribution in [2.45, 2.75) is 24.8 Å². The summed E-state index contributed by atoms with van der Waals surface area (Å²) >= 11 is 0. The van der Waals surface area contributed by atoms with Crippen molar-refractivity contribution < 1.29 is 5.11 Å². The molecule has 1 atom stereocenters. The molecule has 0 spiro atoms. The van der Waals surface area contributed by atoms with Gasteiger partial charge in [0.2, 0.25) is 0 Å². The predicted octanol–water partition coefficient (Wildman–Crippen LogP) is 1.04. The Balaban J connectivity index is 2.27. The largest absolute Gasteiger partial charge is 0.394 e. The lowest BCUT2D eigenvalue weighted by Gasteiger charge is -2.36. The number of piperidine rings is 1. The Morgan fingerprint density at radius 2 is 2.36 bits per heavy atom. The molecular formula is C11H16N2O. The molecule has 2 rings (SSSR count). The summed E-state index contributed by atoms with van der Waals surface area (Å²) in [7, 11) is 0. The molecule has 1 aliphatic rings. The van der Waals surface area contributed by atoms with Gasteiger partial charge in [-0.3, -0.25) is 4.98 Å². The minimum Gasteiger partial charge on any atom is -0.394 e. The molecule has 0 radical (unpaired) electrons. The molecular weight excluding hydrogens is 176 g/mol. The van der Waals surface area contributed by atoms with Gasteiger partial charge in [0.05, 0.1) is 17.8 Å². The van der Waals surface area contributed by atoms with E-state index in [1.54, 1.807) is 6.20 Å². The quantitative estimate of drug-likeness (QED) is 0.736. The van der Waals surface area contributed by atoms with Crippen LogP contribution in [-0.2, 0) is 5.54 Å². The second-order valence-corrected chi connectivity index (χ2v) is 3.84. The molecule has 3 nitrogen and oxygen atoms in total. The van der Waals surface area contributed by atoms with E-state index < -0.39 is 0 Å². The number of aromatic nitrogens is 1. The predicted molar refractivity (Wildman–Crippen MR) is 54.9 cm³/mol. The highest BCUT2D eigenvalue weighted by atomic mass is 16.3. The number of aliphatic hydroxyl groups is 1. The number of nitrogens with zero attached hydrogens (tertiary/aromatic N) is 1. The van der Waals surface area contributed by atoms with Crippen molar-refractivity contribution in [2.24, 2.45) is 0 Å². The average molecular weight is 192 g/mol. The summed E-state index contributed by atoms with van der Waals surface area (Å²) < 4.78 is 0. The maximum absolute atomic E-state index is 9.49. The molecule has 1 aliphatic heterocycles. The summed E-state index contributed by atoms with van der Waals surface area (Å²) in [5.41, 5.74) is 0.668. The summed E-state index contributed by atoms with van der Waals surface area (Å²) in [4.78, 5) is 4.32. The van der Waals surface area contributed by atoms with Gasteiger partial charge in [0.15, 0.2) is 0 Å². The minimum absolute atomic E-state index is 0.129. The lowest BCUT2D eigenvalue weighted by molar-refractivity contribution is 0.128. The van der Waals surface area contributed by atoms with Gasteiger partial charge in [-0.05, 0) is 37.9 Å². The molecule has 2 N–H and O–H groups in total. The Morgan fingerprint density at radius 3 is 2.93 bits per heavy atom. The molecule has 2 heterocycles. The normalized spacial score (nSPS) is 27.5. The van der Waals surface area contributed by atoms with Crippen LogP contribution < -0.4 is 5.32 Å². The fraction of sp³-hybridized carbons (Fsp3) is 0.545. The van der Waals surface area contributed by atoms with Gasteiger partial charge in [-0.1, -0.05) is 6.07 Å². The van der Waals surface area contributed by atoms with Crippen LogP contribution in [0, 0.1) is 0 Å². The molecule has 1 aromatic heterocycles. The van der Waals surface area contributed by atoms with E-state index in [0.29, 0.717) is 0 Å². The van der Waals surface area contributed by atoms with Crippen molar-refractivity contribution in [3.8, 4) is 0 Å². The summed E-state index contributed by atoms with van der Waals surface area (Å²) in [5.74, 6) is 0. The molecule has 1 fully saturated rings. The fourth-order valence-electron chi connectivity index (χ4n) is 2.05. The highest BCUT2D eigenvalue weighted by Gasteiger charge is 2.33. The van der Waals surface area contributed by atoms with Gasteiger partial charge in [-0.25, -0.2) is 0 Å². The maximum atomic E-state index is 9.49.